The minimum atomic E-state index is -0.307. The van der Waals surface area contributed by atoms with Crippen LogP contribution in [-0.4, -0.2) is 16.3 Å². The molecule has 108 valence electrons. The first kappa shape index (κ1) is 14.7. The number of ether oxygens (including phenoxy) is 1. The highest BCUT2D eigenvalue weighted by atomic mass is 35.5. The van der Waals surface area contributed by atoms with Crippen LogP contribution in [0, 0.1) is 0 Å². The fourth-order valence-electron chi connectivity index (χ4n) is 1.53. The molecule has 0 fully saturated rings. The minimum Gasteiger partial charge on any atom is -0.491 e. The standard InChI is InChI=1S/C14H18ClN3O2/c1-4-9(2)19-12-7-5-6-11(8-12)16-14-18-17-13(20-14)10(3)15/h5-10H,4H2,1-3H3,(H,16,18). The molecule has 2 rings (SSSR count). The van der Waals surface area contributed by atoms with Crippen LogP contribution >= 0.6 is 11.6 Å². The van der Waals surface area contributed by atoms with E-state index < -0.39 is 0 Å². The van der Waals surface area contributed by atoms with Gasteiger partial charge in [0.1, 0.15) is 11.1 Å². The molecule has 0 saturated heterocycles. The van der Waals surface area contributed by atoms with E-state index in [1.54, 1.807) is 6.92 Å². The Hall–Kier alpha value is -1.75. The SMILES string of the molecule is CCC(C)Oc1cccc(Nc2nnc(C(C)Cl)o2)c1. The number of benzene rings is 1. The van der Waals surface area contributed by atoms with Crippen LogP contribution in [0.5, 0.6) is 5.75 Å². The fraction of sp³-hybridized carbons (Fsp3) is 0.429. The lowest BCUT2D eigenvalue weighted by molar-refractivity contribution is 0.217. The quantitative estimate of drug-likeness (QED) is 0.806. The summed E-state index contributed by atoms with van der Waals surface area (Å²) < 4.78 is 11.1. The van der Waals surface area contributed by atoms with E-state index in [0.29, 0.717) is 11.9 Å². The Morgan fingerprint density at radius 3 is 2.80 bits per heavy atom. The summed E-state index contributed by atoms with van der Waals surface area (Å²) in [4.78, 5) is 0. The molecule has 1 N–H and O–H groups in total. The maximum Gasteiger partial charge on any atom is 0.320 e. The van der Waals surface area contributed by atoms with Crippen molar-refractivity contribution in [3.05, 3.63) is 30.2 Å². The summed E-state index contributed by atoms with van der Waals surface area (Å²) in [5.41, 5.74) is 0.822. The average Bonchev–Trinajstić information content (AvgIpc) is 2.87. The topological polar surface area (TPSA) is 60.2 Å². The number of aromatic nitrogens is 2. The molecule has 5 nitrogen and oxygen atoms in total. The van der Waals surface area contributed by atoms with Crippen LogP contribution in [0.1, 0.15) is 38.5 Å². The number of alkyl halides is 1. The highest BCUT2D eigenvalue weighted by molar-refractivity contribution is 6.20. The summed E-state index contributed by atoms with van der Waals surface area (Å²) in [6.45, 7) is 5.89. The molecule has 6 heteroatoms. The fourth-order valence-corrected chi connectivity index (χ4v) is 1.62. The predicted octanol–water partition coefficient (Wildman–Crippen LogP) is 4.29. The molecule has 0 bridgehead atoms. The van der Waals surface area contributed by atoms with E-state index in [-0.39, 0.29) is 11.5 Å². The second kappa shape index (κ2) is 6.61. The zero-order chi connectivity index (χ0) is 14.5. The summed E-state index contributed by atoms with van der Waals surface area (Å²) >= 11 is 5.87. The third-order valence-electron chi connectivity index (χ3n) is 2.78. The van der Waals surface area contributed by atoms with E-state index in [2.05, 4.69) is 22.4 Å². The monoisotopic (exact) mass is 295 g/mol. The molecule has 0 spiro atoms. The van der Waals surface area contributed by atoms with Crippen molar-refractivity contribution in [1.29, 1.82) is 0 Å². The molecule has 1 aromatic carbocycles. The van der Waals surface area contributed by atoms with Crippen LogP contribution in [0.15, 0.2) is 28.7 Å². The summed E-state index contributed by atoms with van der Waals surface area (Å²) in [6, 6.07) is 7.92. The molecule has 1 heterocycles. The van der Waals surface area contributed by atoms with E-state index in [1.807, 2.05) is 31.2 Å². The molecule has 0 aliphatic heterocycles. The van der Waals surface area contributed by atoms with Gasteiger partial charge in [0.15, 0.2) is 0 Å². The van der Waals surface area contributed by atoms with Gasteiger partial charge in [-0.3, -0.25) is 0 Å². The van der Waals surface area contributed by atoms with Crippen LogP contribution in [-0.2, 0) is 0 Å². The van der Waals surface area contributed by atoms with E-state index in [0.717, 1.165) is 17.9 Å². The Morgan fingerprint density at radius 1 is 1.35 bits per heavy atom. The summed E-state index contributed by atoms with van der Waals surface area (Å²) in [5, 5.41) is 10.5. The Bertz CT molecular complexity index is 557. The van der Waals surface area contributed by atoms with Crippen LogP contribution < -0.4 is 10.1 Å². The molecule has 20 heavy (non-hydrogen) atoms. The normalized spacial score (nSPS) is 13.8. The number of halogens is 1. The molecule has 1 aromatic heterocycles. The number of hydrogen-bond donors (Lipinski definition) is 1. The Kier molecular flexibility index (Phi) is 4.84. The van der Waals surface area contributed by atoms with Crippen molar-refractivity contribution in [1.82, 2.24) is 10.2 Å². The summed E-state index contributed by atoms with van der Waals surface area (Å²) in [7, 11) is 0. The van der Waals surface area contributed by atoms with Crippen LogP contribution in [0.2, 0.25) is 0 Å². The molecular formula is C14H18ClN3O2. The van der Waals surface area contributed by atoms with Gasteiger partial charge in [-0.15, -0.1) is 16.7 Å². The lowest BCUT2D eigenvalue weighted by Crippen LogP contribution is -2.09. The summed E-state index contributed by atoms with van der Waals surface area (Å²) in [6.07, 6.45) is 1.13. The highest BCUT2D eigenvalue weighted by Crippen LogP contribution is 2.24. The first-order valence-corrected chi connectivity index (χ1v) is 7.03. The minimum absolute atomic E-state index is 0.178. The second-order valence-electron chi connectivity index (χ2n) is 4.55. The largest absolute Gasteiger partial charge is 0.491 e. The molecule has 0 aliphatic carbocycles. The van der Waals surface area contributed by atoms with Gasteiger partial charge >= 0.3 is 6.01 Å². The van der Waals surface area contributed by atoms with Crippen LogP contribution in [0.4, 0.5) is 11.7 Å². The van der Waals surface area contributed by atoms with Gasteiger partial charge in [-0.05, 0) is 32.4 Å². The average molecular weight is 296 g/mol. The van der Waals surface area contributed by atoms with Crippen molar-refractivity contribution in [2.24, 2.45) is 0 Å². The molecule has 2 atom stereocenters. The lowest BCUT2D eigenvalue weighted by atomic mass is 10.3. The van der Waals surface area contributed by atoms with Crippen molar-refractivity contribution in [3.8, 4) is 5.75 Å². The predicted molar refractivity (Wildman–Crippen MR) is 78.7 cm³/mol. The molecule has 2 unspecified atom stereocenters. The number of hydrogen-bond acceptors (Lipinski definition) is 5. The molecule has 0 saturated carbocycles. The number of nitrogens with one attached hydrogen (secondary N) is 1. The van der Waals surface area contributed by atoms with Crippen LogP contribution in [0.25, 0.3) is 0 Å². The smallest absolute Gasteiger partial charge is 0.320 e. The van der Waals surface area contributed by atoms with Gasteiger partial charge in [-0.2, -0.15) is 0 Å². The molecule has 0 aliphatic rings. The van der Waals surface area contributed by atoms with Crippen molar-refractivity contribution in [3.63, 3.8) is 0 Å². The first-order valence-electron chi connectivity index (χ1n) is 6.59. The third-order valence-corrected chi connectivity index (χ3v) is 2.97. The zero-order valence-electron chi connectivity index (χ0n) is 11.8. The lowest BCUT2D eigenvalue weighted by Gasteiger charge is -2.13. The molecule has 0 radical (unpaired) electrons. The van der Waals surface area contributed by atoms with Gasteiger partial charge in [0, 0.05) is 11.8 Å². The molecule has 0 amide bonds. The Morgan fingerprint density at radius 2 is 2.15 bits per heavy atom. The van der Waals surface area contributed by atoms with E-state index in [1.165, 1.54) is 0 Å². The summed E-state index contributed by atoms with van der Waals surface area (Å²) in [5.74, 6) is 1.19. The maximum absolute atomic E-state index is 5.87. The van der Waals surface area contributed by atoms with E-state index in [4.69, 9.17) is 20.8 Å². The Labute approximate surface area is 123 Å². The number of nitrogens with zero attached hydrogens (tertiary/aromatic N) is 2. The van der Waals surface area contributed by atoms with E-state index in [9.17, 15) is 0 Å². The second-order valence-corrected chi connectivity index (χ2v) is 5.21. The van der Waals surface area contributed by atoms with Gasteiger partial charge in [0.25, 0.3) is 0 Å². The number of anilines is 2. The van der Waals surface area contributed by atoms with Crippen molar-refractivity contribution in [2.45, 2.75) is 38.7 Å². The van der Waals surface area contributed by atoms with Gasteiger partial charge in [0.2, 0.25) is 5.89 Å². The highest BCUT2D eigenvalue weighted by Gasteiger charge is 2.11. The van der Waals surface area contributed by atoms with Crippen LogP contribution in [0.3, 0.4) is 0 Å². The van der Waals surface area contributed by atoms with Gasteiger partial charge in [-0.25, -0.2) is 0 Å². The number of rotatable bonds is 6. The van der Waals surface area contributed by atoms with Gasteiger partial charge in [0.05, 0.1) is 6.10 Å². The van der Waals surface area contributed by atoms with E-state index >= 15 is 0 Å². The van der Waals surface area contributed by atoms with Crippen molar-refractivity contribution in [2.75, 3.05) is 5.32 Å². The Balaban J connectivity index is 2.06. The zero-order valence-corrected chi connectivity index (χ0v) is 12.5. The molecule has 2 aromatic rings. The third kappa shape index (κ3) is 3.87. The first-order chi connectivity index (χ1) is 9.58. The van der Waals surface area contributed by atoms with Gasteiger partial charge < -0.3 is 14.5 Å². The molecular weight excluding hydrogens is 278 g/mol. The maximum atomic E-state index is 5.87. The van der Waals surface area contributed by atoms with Gasteiger partial charge in [-0.1, -0.05) is 18.1 Å². The van der Waals surface area contributed by atoms with Crippen molar-refractivity contribution < 1.29 is 9.15 Å². The van der Waals surface area contributed by atoms with Crippen molar-refractivity contribution >= 4 is 23.3 Å².